The number of hydrogen-bond acceptors (Lipinski definition) is 3. The van der Waals surface area contributed by atoms with Crippen molar-refractivity contribution in [3.63, 3.8) is 0 Å². The van der Waals surface area contributed by atoms with E-state index in [1.807, 2.05) is 6.07 Å². The van der Waals surface area contributed by atoms with Crippen LogP contribution in [0.2, 0.25) is 0 Å². The van der Waals surface area contributed by atoms with Gasteiger partial charge in [-0.2, -0.15) is 0 Å². The molecule has 80 valence electrons. The molecule has 0 aromatic heterocycles. The summed E-state index contributed by atoms with van der Waals surface area (Å²) in [5, 5.41) is 3.43. The van der Waals surface area contributed by atoms with Crippen LogP contribution in [0.15, 0.2) is 52.3 Å². The summed E-state index contributed by atoms with van der Waals surface area (Å²) in [7, 11) is 0. The number of nitrogens with one attached hydrogen (secondary N) is 1. The predicted octanol–water partition coefficient (Wildman–Crippen LogP) is 3.35. The molecule has 16 heavy (non-hydrogen) atoms. The molecule has 0 bridgehead atoms. The summed E-state index contributed by atoms with van der Waals surface area (Å²) < 4.78 is 0. The van der Waals surface area contributed by atoms with Crippen LogP contribution in [0, 0.1) is 0 Å². The van der Waals surface area contributed by atoms with Crippen molar-refractivity contribution in [3.05, 3.63) is 48.0 Å². The largest absolute Gasteiger partial charge is 0.354 e. The standard InChI is InChI=1S/C13H12N2S/c14-8-9-5-6-11-13(7-9)16-12-4-2-1-3-10(12)15-11/h1-7,15H,8,14H2. The first kappa shape index (κ1) is 9.75. The summed E-state index contributed by atoms with van der Waals surface area (Å²) in [4.78, 5) is 2.52. The molecule has 3 N–H and O–H groups in total. The Balaban J connectivity index is 2.05. The Bertz CT molecular complexity index is 537. The molecule has 2 aromatic carbocycles. The van der Waals surface area contributed by atoms with Crippen LogP contribution in [0.1, 0.15) is 5.56 Å². The van der Waals surface area contributed by atoms with Gasteiger partial charge in [0.15, 0.2) is 0 Å². The molecule has 0 atom stereocenters. The van der Waals surface area contributed by atoms with Crippen molar-refractivity contribution in [1.82, 2.24) is 0 Å². The van der Waals surface area contributed by atoms with E-state index in [2.05, 4.69) is 41.7 Å². The predicted molar refractivity (Wildman–Crippen MR) is 68.2 cm³/mol. The third kappa shape index (κ3) is 1.58. The van der Waals surface area contributed by atoms with E-state index >= 15 is 0 Å². The van der Waals surface area contributed by atoms with Gasteiger partial charge in [0.1, 0.15) is 0 Å². The Kier molecular flexibility index (Phi) is 2.35. The molecule has 0 fully saturated rings. The zero-order chi connectivity index (χ0) is 11.0. The Morgan fingerprint density at radius 2 is 1.81 bits per heavy atom. The Morgan fingerprint density at radius 1 is 1.00 bits per heavy atom. The molecule has 0 unspecified atom stereocenters. The minimum Gasteiger partial charge on any atom is -0.354 e. The maximum Gasteiger partial charge on any atom is 0.0526 e. The average Bonchev–Trinajstić information content (AvgIpc) is 2.35. The monoisotopic (exact) mass is 228 g/mol. The molecule has 1 aliphatic rings. The van der Waals surface area contributed by atoms with Gasteiger partial charge in [-0.25, -0.2) is 0 Å². The first-order valence-electron chi connectivity index (χ1n) is 5.24. The zero-order valence-corrected chi connectivity index (χ0v) is 9.55. The maximum absolute atomic E-state index is 5.65. The number of rotatable bonds is 1. The highest BCUT2D eigenvalue weighted by Crippen LogP contribution is 2.44. The van der Waals surface area contributed by atoms with E-state index in [4.69, 9.17) is 5.73 Å². The highest BCUT2D eigenvalue weighted by Gasteiger charge is 2.14. The second kappa shape index (κ2) is 3.85. The van der Waals surface area contributed by atoms with Crippen LogP contribution in [-0.4, -0.2) is 0 Å². The number of anilines is 2. The zero-order valence-electron chi connectivity index (χ0n) is 8.73. The van der Waals surface area contributed by atoms with E-state index in [1.165, 1.54) is 26.7 Å². The summed E-state index contributed by atoms with van der Waals surface area (Å²) in [5.74, 6) is 0. The van der Waals surface area contributed by atoms with Crippen molar-refractivity contribution in [2.24, 2.45) is 5.73 Å². The van der Waals surface area contributed by atoms with Crippen LogP contribution < -0.4 is 11.1 Å². The van der Waals surface area contributed by atoms with Gasteiger partial charge in [0.25, 0.3) is 0 Å². The van der Waals surface area contributed by atoms with Crippen molar-refractivity contribution in [1.29, 1.82) is 0 Å². The number of benzene rings is 2. The average molecular weight is 228 g/mol. The Hall–Kier alpha value is -1.45. The van der Waals surface area contributed by atoms with E-state index < -0.39 is 0 Å². The van der Waals surface area contributed by atoms with Crippen molar-refractivity contribution >= 4 is 23.1 Å². The van der Waals surface area contributed by atoms with Crippen molar-refractivity contribution < 1.29 is 0 Å². The normalized spacial score (nSPS) is 12.6. The van der Waals surface area contributed by atoms with Gasteiger partial charge < -0.3 is 11.1 Å². The maximum atomic E-state index is 5.65. The van der Waals surface area contributed by atoms with E-state index in [1.54, 1.807) is 11.8 Å². The summed E-state index contributed by atoms with van der Waals surface area (Å²) >= 11 is 1.79. The lowest BCUT2D eigenvalue weighted by molar-refractivity contribution is 1.06. The fourth-order valence-corrected chi connectivity index (χ4v) is 2.86. The molecule has 0 saturated heterocycles. The van der Waals surface area contributed by atoms with Crippen molar-refractivity contribution in [2.75, 3.05) is 5.32 Å². The topological polar surface area (TPSA) is 38.0 Å². The van der Waals surface area contributed by atoms with Crippen LogP contribution >= 0.6 is 11.8 Å². The highest BCUT2D eigenvalue weighted by molar-refractivity contribution is 7.99. The first-order chi connectivity index (χ1) is 7.86. The third-order valence-corrected chi connectivity index (χ3v) is 3.79. The first-order valence-corrected chi connectivity index (χ1v) is 6.05. The molecular formula is C13H12N2S. The van der Waals surface area contributed by atoms with Crippen LogP contribution in [0.25, 0.3) is 0 Å². The molecule has 0 amide bonds. The summed E-state index contributed by atoms with van der Waals surface area (Å²) in [5.41, 5.74) is 9.17. The lowest BCUT2D eigenvalue weighted by Gasteiger charge is -2.21. The second-order valence-electron chi connectivity index (χ2n) is 3.76. The van der Waals surface area contributed by atoms with Crippen LogP contribution in [0.3, 0.4) is 0 Å². The molecule has 3 heteroatoms. The fourth-order valence-electron chi connectivity index (χ4n) is 1.80. The molecule has 2 nitrogen and oxygen atoms in total. The van der Waals surface area contributed by atoms with Gasteiger partial charge >= 0.3 is 0 Å². The minimum atomic E-state index is 0.593. The Labute approximate surface area is 98.9 Å². The molecule has 0 aliphatic carbocycles. The molecule has 1 heterocycles. The van der Waals surface area contributed by atoms with Gasteiger partial charge in [0.05, 0.1) is 11.4 Å². The summed E-state index contributed by atoms with van der Waals surface area (Å²) in [6.07, 6.45) is 0. The molecule has 0 radical (unpaired) electrons. The van der Waals surface area contributed by atoms with E-state index in [-0.39, 0.29) is 0 Å². The van der Waals surface area contributed by atoms with Crippen LogP contribution in [-0.2, 0) is 6.54 Å². The van der Waals surface area contributed by atoms with Crippen molar-refractivity contribution in [2.45, 2.75) is 16.3 Å². The Morgan fingerprint density at radius 3 is 2.69 bits per heavy atom. The number of hydrogen-bond donors (Lipinski definition) is 2. The number of para-hydroxylation sites is 1. The molecule has 3 rings (SSSR count). The van der Waals surface area contributed by atoms with Gasteiger partial charge in [0.2, 0.25) is 0 Å². The highest BCUT2D eigenvalue weighted by atomic mass is 32.2. The van der Waals surface area contributed by atoms with Gasteiger partial charge in [0, 0.05) is 16.3 Å². The lowest BCUT2D eigenvalue weighted by atomic mass is 10.2. The molecule has 2 aromatic rings. The SMILES string of the molecule is NCc1ccc2c(c1)Sc1ccccc1N2. The third-order valence-electron chi connectivity index (χ3n) is 2.66. The fraction of sp³-hybridized carbons (Fsp3) is 0.0769. The summed E-state index contributed by atoms with van der Waals surface area (Å²) in [6.45, 7) is 0.593. The molecule has 0 saturated carbocycles. The molecular weight excluding hydrogens is 216 g/mol. The van der Waals surface area contributed by atoms with Gasteiger partial charge in [-0.3, -0.25) is 0 Å². The second-order valence-corrected chi connectivity index (χ2v) is 4.84. The van der Waals surface area contributed by atoms with E-state index in [0.717, 1.165) is 0 Å². The molecule has 0 spiro atoms. The van der Waals surface area contributed by atoms with E-state index in [9.17, 15) is 0 Å². The van der Waals surface area contributed by atoms with Crippen LogP contribution in [0.4, 0.5) is 11.4 Å². The smallest absolute Gasteiger partial charge is 0.0526 e. The van der Waals surface area contributed by atoms with E-state index in [0.29, 0.717) is 6.54 Å². The minimum absolute atomic E-state index is 0.593. The van der Waals surface area contributed by atoms with Crippen LogP contribution in [0.5, 0.6) is 0 Å². The van der Waals surface area contributed by atoms with Gasteiger partial charge in [-0.15, -0.1) is 0 Å². The van der Waals surface area contributed by atoms with Crippen molar-refractivity contribution in [3.8, 4) is 0 Å². The van der Waals surface area contributed by atoms with Gasteiger partial charge in [-0.1, -0.05) is 30.0 Å². The number of nitrogens with two attached hydrogens (primary N) is 1. The number of fused-ring (bicyclic) bond motifs is 2. The van der Waals surface area contributed by atoms with Gasteiger partial charge in [-0.05, 0) is 29.8 Å². The lowest BCUT2D eigenvalue weighted by Crippen LogP contribution is -2.02. The molecule has 1 aliphatic heterocycles. The summed E-state index contributed by atoms with van der Waals surface area (Å²) in [6, 6.07) is 14.7. The quantitative estimate of drug-likeness (QED) is 0.670.